The predicted octanol–water partition coefficient (Wildman–Crippen LogP) is 0.366. The molecule has 1 N–H and O–H groups in total. The van der Waals surface area contributed by atoms with Gasteiger partial charge in [-0.3, -0.25) is 0 Å². The summed E-state index contributed by atoms with van der Waals surface area (Å²) in [4.78, 5) is 3.30. The molecule has 0 aromatic heterocycles. The number of hydrogen-bond donors (Lipinski definition) is 1. The van der Waals surface area contributed by atoms with Crippen LogP contribution in [-0.2, 0) is 17.7 Å². The normalized spacial score (nSPS) is 13.9. The molecular formula is C10H10BNO2. The van der Waals surface area contributed by atoms with Crippen LogP contribution in [-0.4, -0.2) is 18.7 Å². The van der Waals surface area contributed by atoms with E-state index >= 15 is 0 Å². The van der Waals surface area contributed by atoms with E-state index in [1.807, 2.05) is 18.2 Å². The van der Waals surface area contributed by atoms with Gasteiger partial charge in [0.2, 0.25) is 6.54 Å². The Kier molecular flexibility index (Phi) is 2.53. The van der Waals surface area contributed by atoms with E-state index in [1.54, 1.807) is 0 Å². The highest BCUT2D eigenvalue weighted by Gasteiger charge is 2.26. The molecule has 1 aromatic carbocycles. The van der Waals surface area contributed by atoms with Gasteiger partial charge in [0, 0.05) is 6.42 Å². The Hall–Kier alpha value is -1.31. The van der Waals surface area contributed by atoms with Crippen LogP contribution in [0.2, 0.25) is 0 Å². The van der Waals surface area contributed by atoms with Crippen LogP contribution in [0.4, 0.5) is 0 Å². The molecule has 0 spiro atoms. The largest absolute Gasteiger partial charge is 0.491 e. The van der Waals surface area contributed by atoms with Crippen molar-refractivity contribution in [2.24, 2.45) is 0 Å². The maximum atomic E-state index is 9.45. The van der Waals surface area contributed by atoms with E-state index in [9.17, 15) is 5.02 Å². The van der Waals surface area contributed by atoms with Gasteiger partial charge in [0.1, 0.15) is 0 Å². The van der Waals surface area contributed by atoms with Gasteiger partial charge in [-0.25, -0.2) is 6.57 Å². The lowest BCUT2D eigenvalue weighted by Crippen LogP contribution is -2.28. The molecular weight excluding hydrogens is 177 g/mol. The lowest BCUT2D eigenvalue weighted by Gasteiger charge is -2.01. The summed E-state index contributed by atoms with van der Waals surface area (Å²) >= 11 is 0. The highest BCUT2D eigenvalue weighted by atomic mass is 16.5. The molecule has 0 saturated carbocycles. The van der Waals surface area contributed by atoms with Gasteiger partial charge in [-0.1, -0.05) is 18.2 Å². The molecule has 0 amide bonds. The summed E-state index contributed by atoms with van der Waals surface area (Å²) in [7, 11) is -0.780. The van der Waals surface area contributed by atoms with Gasteiger partial charge in [0.05, 0.1) is 6.61 Å². The van der Waals surface area contributed by atoms with E-state index in [2.05, 4.69) is 4.85 Å². The van der Waals surface area contributed by atoms with Crippen LogP contribution in [0.1, 0.15) is 11.1 Å². The molecule has 0 aliphatic carbocycles. The molecule has 0 bridgehead atoms. The highest BCUT2D eigenvalue weighted by Crippen LogP contribution is 2.11. The first kappa shape index (κ1) is 9.26. The van der Waals surface area contributed by atoms with Crippen LogP contribution in [0.3, 0.4) is 0 Å². The molecule has 1 aromatic rings. The Morgan fingerprint density at radius 3 is 3.21 bits per heavy atom. The van der Waals surface area contributed by atoms with E-state index < -0.39 is 7.12 Å². The summed E-state index contributed by atoms with van der Waals surface area (Å²) < 4.78 is 5.08. The zero-order chi connectivity index (χ0) is 9.97. The maximum Gasteiger partial charge on any atom is 0.491 e. The van der Waals surface area contributed by atoms with Crippen molar-refractivity contribution in [1.29, 1.82) is 0 Å². The summed E-state index contributed by atoms with van der Waals surface area (Å²) in [6.07, 6.45) is 0.740. The van der Waals surface area contributed by atoms with Crippen molar-refractivity contribution in [2.45, 2.75) is 13.0 Å². The number of hydrogen-bond acceptors (Lipinski definition) is 2. The molecule has 1 heterocycles. The van der Waals surface area contributed by atoms with Crippen molar-refractivity contribution in [3.8, 4) is 0 Å². The molecule has 0 fully saturated rings. The Bertz CT molecular complexity index is 386. The van der Waals surface area contributed by atoms with E-state index in [0.29, 0.717) is 13.2 Å². The second kappa shape index (κ2) is 3.83. The summed E-state index contributed by atoms with van der Waals surface area (Å²) in [5, 5.41) is 9.45. The summed E-state index contributed by atoms with van der Waals surface area (Å²) in [5.41, 5.74) is 2.99. The topological polar surface area (TPSA) is 33.8 Å². The second-order valence-corrected chi connectivity index (χ2v) is 3.33. The van der Waals surface area contributed by atoms with E-state index in [1.165, 1.54) is 0 Å². The number of rotatable bonds is 2. The zero-order valence-electron chi connectivity index (χ0n) is 7.73. The first-order valence-corrected chi connectivity index (χ1v) is 4.56. The molecule has 2 rings (SSSR count). The minimum Gasteiger partial charge on any atom is -0.423 e. The van der Waals surface area contributed by atoms with Crippen LogP contribution in [0, 0.1) is 6.57 Å². The van der Waals surface area contributed by atoms with Gasteiger partial charge < -0.3 is 14.5 Å². The third-order valence-corrected chi connectivity index (χ3v) is 2.39. The Morgan fingerprint density at radius 1 is 1.57 bits per heavy atom. The average Bonchev–Trinajstić information content (AvgIpc) is 2.57. The van der Waals surface area contributed by atoms with Crippen LogP contribution in [0.25, 0.3) is 4.85 Å². The van der Waals surface area contributed by atoms with E-state index in [-0.39, 0.29) is 0 Å². The van der Waals surface area contributed by atoms with Gasteiger partial charge in [0.15, 0.2) is 0 Å². The standard InChI is InChI=1S/C10H10BNO2/c1-12-5-4-8-2-3-9-7-14-11(13)10(9)6-8/h2-3,6,13H,4-5,7H2. The lowest BCUT2D eigenvalue weighted by molar-refractivity contribution is 0.275. The van der Waals surface area contributed by atoms with Gasteiger partial charge in [-0.15, -0.1) is 0 Å². The molecule has 14 heavy (non-hydrogen) atoms. The van der Waals surface area contributed by atoms with Gasteiger partial charge in [-0.05, 0) is 16.6 Å². The minimum atomic E-state index is -0.780. The summed E-state index contributed by atoms with van der Waals surface area (Å²) in [5.74, 6) is 0. The van der Waals surface area contributed by atoms with Crippen molar-refractivity contribution in [3.05, 3.63) is 40.7 Å². The smallest absolute Gasteiger partial charge is 0.423 e. The maximum absolute atomic E-state index is 9.45. The summed E-state index contributed by atoms with van der Waals surface area (Å²) in [6, 6.07) is 5.88. The summed E-state index contributed by atoms with van der Waals surface area (Å²) in [6.45, 7) is 7.68. The van der Waals surface area contributed by atoms with Crippen LogP contribution in [0.15, 0.2) is 18.2 Å². The fourth-order valence-corrected chi connectivity index (χ4v) is 1.60. The van der Waals surface area contributed by atoms with E-state index in [0.717, 1.165) is 23.0 Å². The first-order chi connectivity index (χ1) is 6.81. The van der Waals surface area contributed by atoms with E-state index in [4.69, 9.17) is 11.2 Å². The minimum absolute atomic E-state index is 0.486. The first-order valence-electron chi connectivity index (χ1n) is 4.56. The third kappa shape index (κ3) is 1.65. The molecule has 1 aliphatic rings. The van der Waals surface area contributed by atoms with Crippen LogP contribution < -0.4 is 5.46 Å². The second-order valence-electron chi connectivity index (χ2n) is 3.33. The van der Waals surface area contributed by atoms with Crippen molar-refractivity contribution in [1.82, 2.24) is 0 Å². The molecule has 3 nitrogen and oxygen atoms in total. The van der Waals surface area contributed by atoms with Crippen LogP contribution in [0.5, 0.6) is 0 Å². The van der Waals surface area contributed by atoms with Gasteiger partial charge >= 0.3 is 7.12 Å². The number of fused-ring (bicyclic) bond motifs is 1. The number of benzene rings is 1. The van der Waals surface area contributed by atoms with Crippen molar-refractivity contribution < 1.29 is 9.68 Å². The lowest BCUT2D eigenvalue weighted by atomic mass is 9.78. The number of nitrogens with zero attached hydrogens (tertiary/aromatic N) is 1. The quantitative estimate of drug-likeness (QED) is 0.535. The zero-order valence-corrected chi connectivity index (χ0v) is 7.73. The molecule has 0 radical (unpaired) electrons. The van der Waals surface area contributed by atoms with Crippen LogP contribution >= 0.6 is 0 Å². The SMILES string of the molecule is [C-]#[N+]CCc1ccc2c(c1)B(O)OC2. The Labute approximate surface area is 83.3 Å². The highest BCUT2D eigenvalue weighted by molar-refractivity contribution is 6.61. The molecule has 70 valence electrons. The molecule has 0 atom stereocenters. The fraction of sp³-hybridized carbons (Fsp3) is 0.300. The van der Waals surface area contributed by atoms with Crippen molar-refractivity contribution in [3.63, 3.8) is 0 Å². The Morgan fingerprint density at radius 2 is 2.43 bits per heavy atom. The molecule has 4 heteroatoms. The Balaban J connectivity index is 2.22. The predicted molar refractivity (Wildman–Crippen MR) is 54.0 cm³/mol. The third-order valence-electron chi connectivity index (χ3n) is 2.39. The van der Waals surface area contributed by atoms with Crippen molar-refractivity contribution >= 4 is 12.6 Å². The fourth-order valence-electron chi connectivity index (χ4n) is 1.60. The monoisotopic (exact) mass is 187 g/mol. The molecule has 0 saturated heterocycles. The van der Waals surface area contributed by atoms with Gasteiger partial charge in [-0.2, -0.15) is 0 Å². The molecule has 0 unspecified atom stereocenters. The average molecular weight is 187 g/mol. The van der Waals surface area contributed by atoms with Gasteiger partial charge in [0.25, 0.3) is 0 Å². The van der Waals surface area contributed by atoms with Crippen molar-refractivity contribution in [2.75, 3.05) is 6.54 Å². The molecule has 1 aliphatic heterocycles.